The largest absolute Gasteiger partial charge is 0.336 e. The molecular formula is C17H23ClN4OS. The molecular weight excluding hydrogens is 344 g/mol. The van der Waals surface area contributed by atoms with E-state index in [4.69, 9.17) is 5.73 Å². The van der Waals surface area contributed by atoms with E-state index in [0.717, 1.165) is 31.1 Å². The van der Waals surface area contributed by atoms with Crippen LogP contribution in [0.4, 0.5) is 0 Å². The number of likely N-dealkylation sites (N-methyl/N-ethyl adjacent to an activating group) is 1. The van der Waals surface area contributed by atoms with E-state index in [1.54, 1.807) is 5.38 Å². The first-order valence-electron chi connectivity index (χ1n) is 7.85. The summed E-state index contributed by atoms with van der Waals surface area (Å²) in [6.07, 6.45) is 1.00. The molecule has 0 saturated carbocycles. The lowest BCUT2D eigenvalue weighted by Crippen LogP contribution is -2.39. The van der Waals surface area contributed by atoms with E-state index in [9.17, 15) is 4.79 Å². The number of likely N-dealkylation sites (tertiary alicyclic amines) is 1. The maximum Gasteiger partial charge on any atom is 0.273 e. The van der Waals surface area contributed by atoms with Gasteiger partial charge in [-0.3, -0.25) is 9.69 Å². The third-order valence-corrected chi connectivity index (χ3v) is 5.18. The van der Waals surface area contributed by atoms with Crippen LogP contribution in [0.1, 0.15) is 27.5 Å². The second-order valence-corrected chi connectivity index (χ2v) is 6.85. The van der Waals surface area contributed by atoms with E-state index >= 15 is 0 Å². The van der Waals surface area contributed by atoms with E-state index in [1.165, 1.54) is 16.9 Å². The van der Waals surface area contributed by atoms with Gasteiger partial charge in [-0.1, -0.05) is 30.3 Å². The fraction of sp³-hybridized carbons (Fsp3) is 0.412. The summed E-state index contributed by atoms with van der Waals surface area (Å²) < 4.78 is 0. The van der Waals surface area contributed by atoms with Gasteiger partial charge in [0.1, 0.15) is 10.7 Å². The molecule has 1 unspecified atom stereocenters. The van der Waals surface area contributed by atoms with E-state index in [-0.39, 0.29) is 24.4 Å². The predicted molar refractivity (Wildman–Crippen MR) is 99.5 cm³/mol. The smallest absolute Gasteiger partial charge is 0.273 e. The minimum atomic E-state index is -0.00693. The zero-order chi connectivity index (χ0) is 16.2. The quantitative estimate of drug-likeness (QED) is 0.882. The van der Waals surface area contributed by atoms with Crippen LogP contribution < -0.4 is 5.73 Å². The molecule has 0 radical (unpaired) electrons. The number of nitrogens with two attached hydrogens (primary N) is 1. The average Bonchev–Trinajstić information content (AvgIpc) is 3.23. The number of carbonyl (C=O) groups is 1. The van der Waals surface area contributed by atoms with E-state index in [2.05, 4.69) is 34.1 Å². The van der Waals surface area contributed by atoms with E-state index < -0.39 is 0 Å². The number of amides is 1. The second-order valence-electron chi connectivity index (χ2n) is 5.91. The van der Waals surface area contributed by atoms with Gasteiger partial charge >= 0.3 is 0 Å². The summed E-state index contributed by atoms with van der Waals surface area (Å²) in [4.78, 5) is 21.1. The standard InChI is InChI=1S/C17H22N4OS.ClH/c1-20(17(22)15-12-23-16(9-18)19-15)14-7-8-21(11-14)10-13-5-3-2-4-6-13;/h2-6,12,14H,7-11,18H2,1H3;1H. The first-order valence-corrected chi connectivity index (χ1v) is 8.73. The Morgan fingerprint density at radius 3 is 2.83 bits per heavy atom. The van der Waals surface area contributed by atoms with Crippen molar-refractivity contribution in [1.82, 2.24) is 14.8 Å². The predicted octanol–water partition coefficient (Wildman–Crippen LogP) is 2.37. The van der Waals surface area contributed by atoms with Gasteiger partial charge in [-0.2, -0.15) is 0 Å². The lowest BCUT2D eigenvalue weighted by molar-refractivity contribution is 0.0729. The number of rotatable bonds is 5. The number of halogens is 1. The Kier molecular flexibility index (Phi) is 6.74. The molecule has 0 aliphatic carbocycles. The molecule has 0 bridgehead atoms. The van der Waals surface area contributed by atoms with Crippen LogP contribution >= 0.6 is 23.7 Å². The summed E-state index contributed by atoms with van der Waals surface area (Å²) >= 11 is 1.45. The van der Waals surface area contributed by atoms with Gasteiger partial charge in [0.05, 0.1) is 0 Å². The zero-order valence-corrected chi connectivity index (χ0v) is 15.4. The molecule has 1 saturated heterocycles. The van der Waals surface area contributed by atoms with Gasteiger partial charge in [0.15, 0.2) is 0 Å². The summed E-state index contributed by atoms with van der Waals surface area (Å²) in [5, 5.41) is 2.61. The van der Waals surface area contributed by atoms with Crippen molar-refractivity contribution in [1.29, 1.82) is 0 Å². The van der Waals surface area contributed by atoms with Crippen LogP contribution in [-0.2, 0) is 13.1 Å². The van der Waals surface area contributed by atoms with Gasteiger partial charge in [0, 0.05) is 44.6 Å². The van der Waals surface area contributed by atoms with E-state index in [0.29, 0.717) is 12.2 Å². The van der Waals surface area contributed by atoms with Crippen LogP contribution in [0.5, 0.6) is 0 Å². The molecule has 2 aromatic rings. The Labute approximate surface area is 152 Å². The second kappa shape index (κ2) is 8.58. The summed E-state index contributed by atoms with van der Waals surface area (Å²) in [5.74, 6) is -0.00693. The molecule has 1 atom stereocenters. The normalized spacial score (nSPS) is 17.5. The highest BCUT2D eigenvalue weighted by molar-refractivity contribution is 7.09. The molecule has 0 spiro atoms. The summed E-state index contributed by atoms with van der Waals surface area (Å²) in [5.41, 5.74) is 7.40. The Bertz CT molecular complexity index is 664. The maximum atomic E-state index is 12.5. The van der Waals surface area contributed by atoms with Gasteiger partial charge in [0.2, 0.25) is 0 Å². The molecule has 130 valence electrons. The van der Waals surface area contributed by atoms with Gasteiger partial charge in [-0.25, -0.2) is 4.98 Å². The molecule has 1 aliphatic rings. The number of nitrogens with zero attached hydrogens (tertiary/aromatic N) is 3. The first kappa shape index (κ1) is 18.9. The van der Waals surface area contributed by atoms with Crippen LogP contribution in [0.25, 0.3) is 0 Å². The molecule has 1 aromatic carbocycles. The molecule has 24 heavy (non-hydrogen) atoms. The molecule has 7 heteroatoms. The highest BCUT2D eigenvalue weighted by atomic mass is 35.5. The minimum absolute atomic E-state index is 0. The Morgan fingerprint density at radius 1 is 1.42 bits per heavy atom. The molecule has 2 N–H and O–H groups in total. The molecule has 2 heterocycles. The summed E-state index contributed by atoms with van der Waals surface area (Å²) in [6.45, 7) is 3.25. The molecule has 1 fully saturated rings. The lowest BCUT2D eigenvalue weighted by atomic mass is 10.2. The first-order chi connectivity index (χ1) is 11.2. The minimum Gasteiger partial charge on any atom is -0.336 e. The van der Waals surface area contributed by atoms with Crippen molar-refractivity contribution in [2.45, 2.75) is 25.6 Å². The fourth-order valence-corrected chi connectivity index (χ4v) is 3.61. The Morgan fingerprint density at radius 2 is 2.17 bits per heavy atom. The highest BCUT2D eigenvalue weighted by Gasteiger charge is 2.29. The SMILES string of the molecule is CN(C(=O)c1csc(CN)n1)C1CCN(Cc2ccccc2)C1.Cl. The third kappa shape index (κ3) is 4.33. The van der Waals surface area contributed by atoms with E-state index in [1.807, 2.05) is 18.0 Å². The van der Waals surface area contributed by atoms with Crippen LogP contribution in [0.3, 0.4) is 0 Å². The fourth-order valence-electron chi connectivity index (χ4n) is 2.96. The topological polar surface area (TPSA) is 62.5 Å². The van der Waals surface area contributed by atoms with Crippen LogP contribution in [0.15, 0.2) is 35.7 Å². The van der Waals surface area contributed by atoms with Gasteiger partial charge in [-0.15, -0.1) is 23.7 Å². The van der Waals surface area contributed by atoms with Crippen molar-refractivity contribution < 1.29 is 4.79 Å². The third-order valence-electron chi connectivity index (χ3n) is 4.31. The number of thiazole rings is 1. The van der Waals surface area contributed by atoms with Crippen LogP contribution in [0, 0.1) is 0 Å². The molecule has 3 rings (SSSR count). The Balaban J connectivity index is 0.00000208. The van der Waals surface area contributed by atoms with Crippen molar-refractivity contribution in [3.8, 4) is 0 Å². The summed E-state index contributed by atoms with van der Waals surface area (Å²) in [6, 6.07) is 10.7. The monoisotopic (exact) mass is 366 g/mol. The van der Waals surface area contributed by atoms with Crippen molar-refractivity contribution in [3.63, 3.8) is 0 Å². The number of hydrogen-bond acceptors (Lipinski definition) is 5. The zero-order valence-electron chi connectivity index (χ0n) is 13.7. The van der Waals surface area contributed by atoms with Crippen molar-refractivity contribution >= 4 is 29.7 Å². The Hall–Kier alpha value is -1.47. The van der Waals surface area contributed by atoms with Gasteiger partial charge in [-0.05, 0) is 12.0 Å². The number of carbonyl (C=O) groups excluding carboxylic acids is 1. The van der Waals surface area contributed by atoms with Crippen molar-refractivity contribution in [2.24, 2.45) is 5.73 Å². The lowest BCUT2D eigenvalue weighted by Gasteiger charge is -2.24. The average molecular weight is 367 g/mol. The molecule has 1 aliphatic heterocycles. The van der Waals surface area contributed by atoms with Gasteiger partial charge < -0.3 is 10.6 Å². The number of hydrogen-bond donors (Lipinski definition) is 1. The van der Waals surface area contributed by atoms with Gasteiger partial charge in [0.25, 0.3) is 5.91 Å². The van der Waals surface area contributed by atoms with Crippen molar-refractivity contribution in [2.75, 3.05) is 20.1 Å². The van der Waals surface area contributed by atoms with Crippen molar-refractivity contribution in [3.05, 3.63) is 52.0 Å². The molecule has 1 aromatic heterocycles. The molecule has 5 nitrogen and oxygen atoms in total. The van der Waals surface area contributed by atoms with Crippen LogP contribution in [-0.4, -0.2) is 46.9 Å². The van der Waals surface area contributed by atoms with Crippen LogP contribution in [0.2, 0.25) is 0 Å². The maximum absolute atomic E-state index is 12.5. The highest BCUT2D eigenvalue weighted by Crippen LogP contribution is 2.19. The number of aromatic nitrogens is 1. The molecule has 1 amide bonds. The number of benzene rings is 1. The summed E-state index contributed by atoms with van der Waals surface area (Å²) in [7, 11) is 1.88.